The maximum atomic E-state index is 11.3. The highest BCUT2D eigenvalue weighted by Crippen LogP contribution is 2.21. The summed E-state index contributed by atoms with van der Waals surface area (Å²) in [6, 6.07) is 2.12. The van der Waals surface area contributed by atoms with Crippen molar-refractivity contribution in [2.75, 3.05) is 12.9 Å². The van der Waals surface area contributed by atoms with Crippen molar-refractivity contribution in [1.82, 2.24) is 4.72 Å². The molecule has 5 heteroatoms. The summed E-state index contributed by atoms with van der Waals surface area (Å²) in [5.41, 5.74) is 0. The number of rotatable bonds is 3. The molecule has 14 heavy (non-hydrogen) atoms. The Morgan fingerprint density at radius 2 is 2.50 bits per heavy atom. The molecule has 0 aromatic carbocycles. The number of carbonyl (C=O) groups excluding carboxylic acids is 1. The third kappa shape index (κ3) is 3.20. The van der Waals surface area contributed by atoms with E-state index in [1.807, 2.05) is 0 Å². The fraction of sp³-hybridized carbons (Fsp3) is 0.778. The van der Waals surface area contributed by atoms with E-state index in [0.717, 1.165) is 12.8 Å². The summed E-state index contributed by atoms with van der Waals surface area (Å²) in [5, 5.41) is 8.49. The molecule has 0 bridgehead atoms. The first-order valence-corrected chi connectivity index (χ1v) is 5.81. The maximum Gasteiger partial charge on any atom is 0.258 e. The molecule has 2 atom stereocenters. The first-order chi connectivity index (χ1) is 6.77. The minimum Gasteiger partial charge on any atom is -0.368 e. The molecule has 1 fully saturated rings. The Labute approximate surface area is 88.1 Å². The lowest BCUT2D eigenvalue weighted by Crippen LogP contribution is -2.37. The minimum absolute atomic E-state index is 0.0621. The van der Waals surface area contributed by atoms with Crippen LogP contribution in [0.3, 0.4) is 0 Å². The summed E-state index contributed by atoms with van der Waals surface area (Å²) in [7, 11) is 0. The van der Waals surface area contributed by atoms with Gasteiger partial charge >= 0.3 is 0 Å². The average molecular weight is 214 g/mol. The third-order valence-electron chi connectivity index (χ3n) is 2.25. The SMILES string of the molecule is CSNC(=O)C1CCC(CC#N)CO1. The van der Waals surface area contributed by atoms with Gasteiger partial charge in [-0.05, 0) is 18.8 Å². The Hall–Kier alpha value is -0.730. The second kappa shape index (κ2) is 5.89. The predicted octanol–water partition coefficient (Wildman–Crippen LogP) is 1.09. The molecule has 1 aliphatic heterocycles. The summed E-state index contributed by atoms with van der Waals surface area (Å²) in [6.07, 6.45) is 3.63. The van der Waals surface area contributed by atoms with Crippen molar-refractivity contribution in [1.29, 1.82) is 5.26 Å². The van der Waals surface area contributed by atoms with Gasteiger partial charge in [-0.15, -0.1) is 0 Å². The van der Waals surface area contributed by atoms with E-state index in [9.17, 15) is 4.79 Å². The standard InChI is InChI=1S/C9H14N2O2S/c1-14-11-9(12)8-3-2-7(4-5-10)6-13-8/h7-8H,2-4,6H2,1H3,(H,11,12). The first-order valence-electron chi connectivity index (χ1n) is 4.59. The zero-order valence-electron chi connectivity index (χ0n) is 8.16. The zero-order chi connectivity index (χ0) is 10.4. The van der Waals surface area contributed by atoms with E-state index in [-0.39, 0.29) is 12.0 Å². The van der Waals surface area contributed by atoms with Gasteiger partial charge in [0.15, 0.2) is 0 Å². The van der Waals surface area contributed by atoms with E-state index in [2.05, 4.69) is 10.8 Å². The molecule has 0 radical (unpaired) electrons. The van der Waals surface area contributed by atoms with Gasteiger partial charge in [0.1, 0.15) is 6.10 Å². The van der Waals surface area contributed by atoms with Crippen molar-refractivity contribution in [2.24, 2.45) is 5.92 Å². The van der Waals surface area contributed by atoms with Crippen LogP contribution in [0.5, 0.6) is 0 Å². The predicted molar refractivity (Wildman–Crippen MR) is 54.4 cm³/mol. The molecule has 78 valence electrons. The van der Waals surface area contributed by atoms with Crippen LogP contribution in [0.15, 0.2) is 0 Å². The molecule has 1 N–H and O–H groups in total. The van der Waals surface area contributed by atoms with Crippen molar-refractivity contribution >= 4 is 17.9 Å². The highest BCUT2D eigenvalue weighted by atomic mass is 32.2. The summed E-state index contributed by atoms with van der Waals surface area (Å²) in [6.45, 7) is 0.528. The van der Waals surface area contributed by atoms with Crippen molar-refractivity contribution < 1.29 is 9.53 Å². The minimum atomic E-state index is -0.322. The van der Waals surface area contributed by atoms with Crippen LogP contribution in [0.25, 0.3) is 0 Å². The van der Waals surface area contributed by atoms with Crippen LogP contribution in [0, 0.1) is 17.2 Å². The van der Waals surface area contributed by atoms with Crippen molar-refractivity contribution in [2.45, 2.75) is 25.4 Å². The van der Waals surface area contributed by atoms with Gasteiger partial charge < -0.3 is 4.74 Å². The highest BCUT2D eigenvalue weighted by molar-refractivity contribution is 7.97. The summed E-state index contributed by atoms with van der Waals surface area (Å²) >= 11 is 1.28. The third-order valence-corrected chi connectivity index (χ3v) is 2.65. The molecule has 1 aliphatic rings. The van der Waals surface area contributed by atoms with E-state index in [1.54, 1.807) is 6.26 Å². The summed E-state index contributed by atoms with van der Waals surface area (Å²) in [5.74, 6) is 0.242. The van der Waals surface area contributed by atoms with Crippen LogP contribution in [0.2, 0.25) is 0 Å². The largest absolute Gasteiger partial charge is 0.368 e. The molecule has 0 aromatic heterocycles. The lowest BCUT2D eigenvalue weighted by atomic mass is 9.96. The summed E-state index contributed by atoms with van der Waals surface area (Å²) in [4.78, 5) is 11.3. The smallest absolute Gasteiger partial charge is 0.258 e. The van der Waals surface area contributed by atoms with Crippen molar-refractivity contribution in [3.63, 3.8) is 0 Å². The van der Waals surface area contributed by atoms with Gasteiger partial charge in [0.25, 0.3) is 5.91 Å². The zero-order valence-corrected chi connectivity index (χ0v) is 8.97. The Morgan fingerprint density at radius 3 is 3.00 bits per heavy atom. The van der Waals surface area contributed by atoms with E-state index in [1.165, 1.54) is 11.9 Å². The number of hydrogen-bond acceptors (Lipinski definition) is 4. The number of amides is 1. The van der Waals surface area contributed by atoms with Gasteiger partial charge in [-0.2, -0.15) is 5.26 Å². The molecular formula is C9H14N2O2S. The Morgan fingerprint density at radius 1 is 1.71 bits per heavy atom. The normalized spacial score (nSPS) is 26.6. The molecule has 0 saturated carbocycles. The number of nitrogens with one attached hydrogen (secondary N) is 1. The van der Waals surface area contributed by atoms with Crippen LogP contribution in [-0.2, 0) is 9.53 Å². The van der Waals surface area contributed by atoms with Gasteiger partial charge in [0.05, 0.1) is 12.7 Å². The van der Waals surface area contributed by atoms with Gasteiger partial charge in [0, 0.05) is 12.7 Å². The van der Waals surface area contributed by atoms with Crippen LogP contribution < -0.4 is 4.72 Å². The topological polar surface area (TPSA) is 62.1 Å². The number of hydrogen-bond donors (Lipinski definition) is 1. The Kier molecular flexibility index (Phi) is 4.77. The quantitative estimate of drug-likeness (QED) is 0.714. The van der Waals surface area contributed by atoms with E-state index in [0.29, 0.717) is 18.9 Å². The van der Waals surface area contributed by atoms with Crippen molar-refractivity contribution in [3.05, 3.63) is 0 Å². The van der Waals surface area contributed by atoms with Crippen molar-refractivity contribution in [3.8, 4) is 6.07 Å². The van der Waals surface area contributed by atoms with Crippen LogP contribution in [-0.4, -0.2) is 24.9 Å². The monoisotopic (exact) mass is 214 g/mol. The lowest BCUT2D eigenvalue weighted by molar-refractivity contribution is -0.135. The molecule has 1 heterocycles. The van der Waals surface area contributed by atoms with E-state index in [4.69, 9.17) is 10.00 Å². The van der Waals surface area contributed by atoms with Crippen LogP contribution >= 0.6 is 11.9 Å². The van der Waals surface area contributed by atoms with Gasteiger partial charge in [0.2, 0.25) is 0 Å². The summed E-state index contributed by atoms with van der Waals surface area (Å²) < 4.78 is 8.03. The Balaban J connectivity index is 2.28. The maximum absolute atomic E-state index is 11.3. The van der Waals surface area contributed by atoms with Crippen LogP contribution in [0.1, 0.15) is 19.3 Å². The molecule has 0 spiro atoms. The second-order valence-corrected chi connectivity index (χ2v) is 3.91. The molecule has 1 amide bonds. The molecule has 1 rings (SSSR count). The molecule has 0 aromatic rings. The van der Waals surface area contributed by atoms with Crippen LogP contribution in [0.4, 0.5) is 0 Å². The van der Waals surface area contributed by atoms with E-state index >= 15 is 0 Å². The molecule has 4 nitrogen and oxygen atoms in total. The molecule has 2 unspecified atom stereocenters. The number of carbonyl (C=O) groups is 1. The highest BCUT2D eigenvalue weighted by Gasteiger charge is 2.26. The molecular weight excluding hydrogens is 200 g/mol. The first kappa shape index (κ1) is 11.3. The molecule has 0 aliphatic carbocycles. The van der Waals surface area contributed by atoms with Gasteiger partial charge in [-0.25, -0.2) is 0 Å². The fourth-order valence-corrected chi connectivity index (χ4v) is 1.80. The number of ether oxygens (including phenoxy) is 1. The lowest BCUT2D eigenvalue weighted by Gasteiger charge is -2.26. The van der Waals surface area contributed by atoms with Gasteiger partial charge in [-0.3, -0.25) is 9.52 Å². The molecule has 1 saturated heterocycles. The number of nitrogens with zero attached hydrogens (tertiary/aromatic N) is 1. The number of nitriles is 1. The Bertz CT molecular complexity index is 231. The second-order valence-electron chi connectivity index (χ2n) is 3.30. The van der Waals surface area contributed by atoms with Gasteiger partial charge in [-0.1, -0.05) is 11.9 Å². The average Bonchev–Trinajstić information content (AvgIpc) is 2.20. The fourth-order valence-electron chi connectivity index (χ4n) is 1.47. The van der Waals surface area contributed by atoms with E-state index < -0.39 is 0 Å².